The van der Waals surface area contributed by atoms with Crippen molar-refractivity contribution in [3.63, 3.8) is 0 Å². The Morgan fingerprint density at radius 1 is 1.00 bits per heavy atom. The zero-order valence-corrected chi connectivity index (χ0v) is 20.6. The van der Waals surface area contributed by atoms with Crippen LogP contribution in [0.15, 0.2) is 59.6 Å². The summed E-state index contributed by atoms with van der Waals surface area (Å²) in [5, 5.41) is 10.7. The standard InChI is InChI=1S/C24H21F4N7O2S/c1-13(14-2-5-16(6-3-14)38(29,36)37)31-22-33-18-8-7-17(15-4-9-19(25)30-12-15)32-20(18)21(34-22)35-23(10-11-23)24(26,27)28/h2-9,12-13H,10-11H2,1H3,(H2,29,36,37)(H2,31,33,34,35)/t13-/m1/s1. The van der Waals surface area contributed by atoms with Crippen molar-refractivity contribution in [2.24, 2.45) is 5.14 Å². The lowest BCUT2D eigenvalue weighted by Gasteiger charge is -2.23. The lowest BCUT2D eigenvalue weighted by molar-refractivity contribution is -0.151. The fourth-order valence-electron chi connectivity index (χ4n) is 3.91. The highest BCUT2D eigenvalue weighted by Crippen LogP contribution is 2.51. The highest BCUT2D eigenvalue weighted by Gasteiger charge is 2.64. The Bertz CT molecular complexity index is 1610. The van der Waals surface area contributed by atoms with Crippen LogP contribution in [0.3, 0.4) is 0 Å². The Kier molecular flexibility index (Phi) is 6.18. The van der Waals surface area contributed by atoms with Gasteiger partial charge in [0.15, 0.2) is 5.82 Å². The van der Waals surface area contributed by atoms with Crippen LogP contribution in [0.25, 0.3) is 22.3 Å². The lowest BCUT2D eigenvalue weighted by Crippen LogP contribution is -2.39. The monoisotopic (exact) mass is 547 g/mol. The van der Waals surface area contributed by atoms with Gasteiger partial charge in [0, 0.05) is 11.8 Å². The molecule has 0 bridgehead atoms. The third-order valence-electron chi connectivity index (χ3n) is 6.27. The second kappa shape index (κ2) is 9.13. The van der Waals surface area contributed by atoms with Gasteiger partial charge in [0.25, 0.3) is 0 Å². The normalized spacial score (nSPS) is 15.7. The SMILES string of the molecule is C[C@@H](Nc1nc(NC2(C(F)(F)F)CC2)c2nc(-c3ccc(F)nc3)ccc2n1)c1ccc(S(N)(=O)=O)cc1. The van der Waals surface area contributed by atoms with Gasteiger partial charge in [0.05, 0.1) is 22.1 Å². The average molecular weight is 548 g/mol. The Hall–Kier alpha value is -3.91. The summed E-state index contributed by atoms with van der Waals surface area (Å²) in [6.45, 7) is 1.76. The quantitative estimate of drug-likeness (QED) is 0.227. The minimum absolute atomic E-state index is 0.0407. The van der Waals surface area contributed by atoms with Gasteiger partial charge in [0.1, 0.15) is 11.1 Å². The van der Waals surface area contributed by atoms with Crippen molar-refractivity contribution in [1.29, 1.82) is 0 Å². The Morgan fingerprint density at radius 3 is 2.29 bits per heavy atom. The van der Waals surface area contributed by atoms with E-state index < -0.39 is 33.7 Å². The van der Waals surface area contributed by atoms with E-state index in [-0.39, 0.29) is 40.5 Å². The summed E-state index contributed by atoms with van der Waals surface area (Å²) in [7, 11) is -3.86. The van der Waals surface area contributed by atoms with E-state index in [0.717, 1.165) is 6.07 Å². The van der Waals surface area contributed by atoms with E-state index in [1.54, 1.807) is 31.2 Å². The molecular weight excluding hydrogens is 526 g/mol. The molecule has 1 saturated carbocycles. The summed E-state index contributed by atoms with van der Waals surface area (Å²) in [6, 6.07) is 11.2. The predicted molar refractivity (Wildman–Crippen MR) is 132 cm³/mol. The maximum Gasteiger partial charge on any atom is 0.411 e. The zero-order valence-electron chi connectivity index (χ0n) is 19.8. The molecule has 1 atom stereocenters. The third-order valence-corrected chi connectivity index (χ3v) is 7.20. The van der Waals surface area contributed by atoms with Crippen LogP contribution in [0.1, 0.15) is 31.4 Å². The molecule has 1 aliphatic rings. The van der Waals surface area contributed by atoms with Gasteiger partial charge in [-0.05, 0) is 61.7 Å². The maximum absolute atomic E-state index is 13.8. The van der Waals surface area contributed by atoms with E-state index >= 15 is 0 Å². The first-order valence-corrected chi connectivity index (χ1v) is 12.9. The minimum Gasteiger partial charge on any atom is -0.354 e. The summed E-state index contributed by atoms with van der Waals surface area (Å²) in [5.74, 6) is -0.745. The van der Waals surface area contributed by atoms with Crippen molar-refractivity contribution in [1.82, 2.24) is 19.9 Å². The first-order valence-electron chi connectivity index (χ1n) is 11.4. The van der Waals surface area contributed by atoms with E-state index in [1.807, 2.05) is 0 Å². The summed E-state index contributed by atoms with van der Waals surface area (Å²) in [4.78, 5) is 16.8. The second-order valence-corrected chi connectivity index (χ2v) is 10.6. The van der Waals surface area contributed by atoms with Gasteiger partial charge in [-0.2, -0.15) is 22.5 Å². The Balaban J connectivity index is 1.52. The van der Waals surface area contributed by atoms with Gasteiger partial charge < -0.3 is 10.6 Å². The fourth-order valence-corrected chi connectivity index (χ4v) is 4.42. The largest absolute Gasteiger partial charge is 0.411 e. The van der Waals surface area contributed by atoms with Gasteiger partial charge in [-0.1, -0.05) is 12.1 Å². The lowest BCUT2D eigenvalue weighted by atomic mass is 10.1. The molecule has 1 fully saturated rings. The van der Waals surface area contributed by atoms with Gasteiger partial charge in [0.2, 0.25) is 21.9 Å². The molecule has 4 N–H and O–H groups in total. The smallest absolute Gasteiger partial charge is 0.354 e. The summed E-state index contributed by atoms with van der Waals surface area (Å²) in [6.07, 6.45) is -3.46. The molecule has 5 rings (SSSR count). The number of anilines is 2. The van der Waals surface area contributed by atoms with Crippen LogP contribution >= 0.6 is 0 Å². The Labute approximate surface area is 214 Å². The number of hydrogen-bond donors (Lipinski definition) is 3. The van der Waals surface area contributed by atoms with E-state index in [0.29, 0.717) is 16.8 Å². The first-order chi connectivity index (χ1) is 17.8. The van der Waals surface area contributed by atoms with Crippen molar-refractivity contribution in [2.45, 2.75) is 42.4 Å². The van der Waals surface area contributed by atoms with E-state index in [1.165, 1.54) is 24.4 Å². The number of fused-ring (bicyclic) bond motifs is 1. The van der Waals surface area contributed by atoms with Crippen molar-refractivity contribution in [3.05, 3.63) is 66.2 Å². The van der Waals surface area contributed by atoms with E-state index in [4.69, 9.17) is 5.14 Å². The van der Waals surface area contributed by atoms with Crippen LogP contribution in [0.5, 0.6) is 0 Å². The molecule has 0 spiro atoms. The molecule has 0 radical (unpaired) electrons. The molecule has 3 heterocycles. The van der Waals surface area contributed by atoms with E-state index in [9.17, 15) is 26.0 Å². The number of benzene rings is 1. The van der Waals surface area contributed by atoms with Crippen molar-refractivity contribution < 1.29 is 26.0 Å². The molecule has 9 nitrogen and oxygen atoms in total. The predicted octanol–water partition coefficient (Wildman–Crippen LogP) is 4.55. The first kappa shape index (κ1) is 25.7. The summed E-state index contributed by atoms with van der Waals surface area (Å²) in [5.41, 5.74) is -0.235. The van der Waals surface area contributed by atoms with Gasteiger partial charge >= 0.3 is 6.18 Å². The molecular formula is C24H21F4N7O2S. The summed E-state index contributed by atoms with van der Waals surface area (Å²) < 4.78 is 77.6. The molecule has 38 heavy (non-hydrogen) atoms. The second-order valence-electron chi connectivity index (χ2n) is 9.01. The zero-order chi connectivity index (χ0) is 27.3. The molecule has 1 aliphatic carbocycles. The highest BCUT2D eigenvalue weighted by atomic mass is 32.2. The number of nitrogens with zero attached hydrogens (tertiary/aromatic N) is 4. The number of rotatable bonds is 7. The number of aromatic nitrogens is 4. The molecule has 198 valence electrons. The van der Waals surface area contributed by atoms with Crippen LogP contribution in [0, 0.1) is 5.95 Å². The molecule has 3 aromatic heterocycles. The number of primary sulfonamides is 1. The number of alkyl halides is 3. The van der Waals surface area contributed by atoms with Crippen molar-refractivity contribution >= 4 is 32.8 Å². The van der Waals surface area contributed by atoms with Crippen LogP contribution < -0.4 is 15.8 Å². The maximum atomic E-state index is 13.8. The topological polar surface area (TPSA) is 136 Å². The molecule has 14 heteroatoms. The third kappa shape index (κ3) is 5.09. The van der Waals surface area contributed by atoms with Crippen molar-refractivity contribution in [2.75, 3.05) is 10.6 Å². The molecule has 0 amide bonds. The van der Waals surface area contributed by atoms with Crippen LogP contribution in [-0.2, 0) is 10.0 Å². The fraction of sp³-hybridized carbons (Fsp3) is 0.250. The molecule has 0 unspecified atom stereocenters. The summed E-state index contributed by atoms with van der Waals surface area (Å²) >= 11 is 0. The van der Waals surface area contributed by atoms with Crippen LogP contribution in [0.4, 0.5) is 29.3 Å². The van der Waals surface area contributed by atoms with Crippen LogP contribution in [-0.4, -0.2) is 40.1 Å². The molecule has 4 aromatic rings. The van der Waals surface area contributed by atoms with Gasteiger partial charge in [-0.15, -0.1) is 0 Å². The van der Waals surface area contributed by atoms with Gasteiger partial charge in [-0.3, -0.25) is 0 Å². The molecule has 0 aliphatic heterocycles. The number of halogens is 4. The minimum atomic E-state index is -4.51. The van der Waals surface area contributed by atoms with E-state index in [2.05, 4.69) is 30.6 Å². The molecule has 0 saturated heterocycles. The number of hydrogen-bond acceptors (Lipinski definition) is 8. The molecule has 1 aromatic carbocycles. The Morgan fingerprint density at radius 2 is 1.71 bits per heavy atom. The highest BCUT2D eigenvalue weighted by molar-refractivity contribution is 7.89. The number of sulfonamides is 1. The number of nitrogens with two attached hydrogens (primary N) is 1. The van der Waals surface area contributed by atoms with Gasteiger partial charge in [-0.25, -0.2) is 28.5 Å². The average Bonchev–Trinajstić information content (AvgIpc) is 3.65. The van der Waals surface area contributed by atoms with Crippen molar-refractivity contribution in [3.8, 4) is 11.3 Å². The number of nitrogens with one attached hydrogen (secondary N) is 2. The number of pyridine rings is 2. The van der Waals surface area contributed by atoms with Crippen LogP contribution in [0.2, 0.25) is 0 Å².